The smallest absolute Gasteiger partial charge is 0.255 e. The van der Waals surface area contributed by atoms with Gasteiger partial charge in [-0.2, -0.15) is 4.98 Å². The Hall–Kier alpha value is -4.44. The van der Waals surface area contributed by atoms with E-state index in [-0.39, 0.29) is 5.91 Å². The Morgan fingerprint density at radius 1 is 0.976 bits per heavy atom. The molecule has 1 aromatic heterocycles. The Balaban J connectivity index is 1.59. The summed E-state index contributed by atoms with van der Waals surface area (Å²) in [6.07, 6.45) is 0. The third-order valence-electron chi connectivity index (χ3n) is 6.92. The minimum atomic E-state index is -0.621. The molecule has 1 amide bonds. The van der Waals surface area contributed by atoms with Gasteiger partial charge in [-0.15, -0.1) is 5.10 Å². The van der Waals surface area contributed by atoms with E-state index in [2.05, 4.69) is 22.8 Å². The van der Waals surface area contributed by atoms with Gasteiger partial charge in [0.15, 0.2) is 11.5 Å². The van der Waals surface area contributed by atoms with Crippen molar-refractivity contribution in [3.05, 3.63) is 94.2 Å². The van der Waals surface area contributed by atoms with E-state index in [1.54, 1.807) is 26.0 Å². The average molecular weight is 572 g/mol. The van der Waals surface area contributed by atoms with E-state index in [1.165, 1.54) is 17.3 Å². The molecular weight excluding hydrogens is 538 g/mol. The molecule has 1 aliphatic heterocycles. The monoisotopic (exact) mass is 571 g/mol. The largest absolute Gasteiger partial charge is 0.493 e. The van der Waals surface area contributed by atoms with Crippen molar-refractivity contribution in [1.82, 2.24) is 14.8 Å². The Kier molecular flexibility index (Phi) is 8.21. The fourth-order valence-electron chi connectivity index (χ4n) is 4.92. The van der Waals surface area contributed by atoms with Crippen LogP contribution in [0.5, 0.6) is 17.2 Å². The third-order valence-corrected chi connectivity index (χ3v) is 7.83. The molecule has 0 saturated heterocycles. The number of aromatic nitrogens is 3. The zero-order chi connectivity index (χ0) is 29.1. The minimum Gasteiger partial charge on any atom is -0.493 e. The first kappa shape index (κ1) is 28.1. The molecule has 3 aromatic carbocycles. The van der Waals surface area contributed by atoms with Crippen molar-refractivity contribution in [1.29, 1.82) is 0 Å². The zero-order valence-corrected chi connectivity index (χ0v) is 24.8. The number of nitrogens with one attached hydrogen (secondary N) is 2. The van der Waals surface area contributed by atoms with Crippen molar-refractivity contribution in [2.45, 2.75) is 37.7 Å². The fourth-order valence-corrected chi connectivity index (χ4v) is 5.70. The molecule has 212 valence electrons. The lowest BCUT2D eigenvalue weighted by atomic mass is 9.94. The lowest BCUT2D eigenvalue weighted by Crippen LogP contribution is -2.31. The van der Waals surface area contributed by atoms with E-state index in [4.69, 9.17) is 24.3 Å². The summed E-state index contributed by atoms with van der Waals surface area (Å²) in [5, 5.41) is 11.9. The summed E-state index contributed by atoms with van der Waals surface area (Å²) in [6.45, 7) is 5.87. The summed E-state index contributed by atoms with van der Waals surface area (Å²) in [5.41, 5.74) is 5.91. The average Bonchev–Trinajstić information content (AvgIpc) is 3.38. The number of rotatable bonds is 9. The standard InChI is InChI=1S/C31H33N5O4S/c1-18-12-13-23(19(2)14-18)33-29(37)26-20(3)32-30-34-31(41-17-21-10-8-7-9-11-21)35-36(30)27(26)22-15-24(38-4)28(40-6)25(16-22)39-5/h7-16,27H,17H2,1-6H3,(H,33,37)(H,32,34,35)/t27-/m0/s1. The van der Waals surface area contributed by atoms with Crippen LogP contribution in [0.15, 0.2) is 77.1 Å². The number of carbonyl (C=O) groups excluding carboxylic acids is 1. The van der Waals surface area contributed by atoms with E-state index < -0.39 is 6.04 Å². The number of thioether (sulfide) groups is 1. The number of ether oxygens (including phenoxy) is 3. The van der Waals surface area contributed by atoms with E-state index >= 15 is 0 Å². The van der Waals surface area contributed by atoms with Crippen LogP contribution in [0.25, 0.3) is 0 Å². The van der Waals surface area contributed by atoms with Crippen molar-refractivity contribution in [3.8, 4) is 17.2 Å². The lowest BCUT2D eigenvalue weighted by molar-refractivity contribution is -0.113. The van der Waals surface area contributed by atoms with Crippen LogP contribution in [-0.4, -0.2) is 42.0 Å². The maximum absolute atomic E-state index is 14.0. The van der Waals surface area contributed by atoms with Crippen LogP contribution in [0, 0.1) is 13.8 Å². The lowest BCUT2D eigenvalue weighted by Gasteiger charge is -2.29. The minimum absolute atomic E-state index is 0.250. The number of nitrogens with zero attached hydrogens (tertiary/aromatic N) is 3. The molecule has 0 aliphatic carbocycles. The predicted molar refractivity (Wildman–Crippen MR) is 161 cm³/mol. The Labute approximate surface area is 243 Å². The van der Waals surface area contributed by atoms with Gasteiger partial charge < -0.3 is 24.8 Å². The maximum Gasteiger partial charge on any atom is 0.255 e. The highest BCUT2D eigenvalue weighted by atomic mass is 32.2. The molecule has 4 aromatic rings. The number of carbonyl (C=O) groups is 1. The maximum atomic E-state index is 14.0. The Morgan fingerprint density at radius 2 is 1.68 bits per heavy atom. The van der Waals surface area contributed by atoms with E-state index in [0.29, 0.717) is 45.4 Å². The number of hydrogen-bond donors (Lipinski definition) is 2. The topological polar surface area (TPSA) is 99.5 Å². The summed E-state index contributed by atoms with van der Waals surface area (Å²) < 4.78 is 18.6. The van der Waals surface area contributed by atoms with Crippen LogP contribution in [0.1, 0.15) is 35.2 Å². The highest BCUT2D eigenvalue weighted by molar-refractivity contribution is 7.98. The van der Waals surface area contributed by atoms with Gasteiger partial charge in [0.2, 0.25) is 16.9 Å². The van der Waals surface area contributed by atoms with Crippen LogP contribution < -0.4 is 24.8 Å². The molecule has 1 aliphatic rings. The summed E-state index contributed by atoms with van der Waals surface area (Å²) in [4.78, 5) is 18.8. The van der Waals surface area contributed by atoms with Crippen LogP contribution >= 0.6 is 11.8 Å². The summed E-state index contributed by atoms with van der Waals surface area (Å²) in [6, 6.07) is 19.2. The molecule has 0 bridgehead atoms. The van der Waals surface area contributed by atoms with Crippen molar-refractivity contribution in [3.63, 3.8) is 0 Å². The molecule has 9 nitrogen and oxygen atoms in total. The molecule has 2 heterocycles. The van der Waals surface area contributed by atoms with Gasteiger partial charge in [-0.3, -0.25) is 4.79 Å². The van der Waals surface area contributed by atoms with Crippen molar-refractivity contribution in [2.24, 2.45) is 0 Å². The predicted octanol–water partition coefficient (Wildman–Crippen LogP) is 6.14. The third kappa shape index (κ3) is 5.74. The number of hydrogen-bond acceptors (Lipinski definition) is 8. The fraction of sp³-hybridized carbons (Fsp3) is 0.258. The number of fused-ring (bicyclic) bond motifs is 1. The van der Waals surface area contributed by atoms with Crippen molar-refractivity contribution < 1.29 is 19.0 Å². The normalized spacial score (nSPS) is 14.2. The summed E-state index contributed by atoms with van der Waals surface area (Å²) in [5.74, 6) is 2.43. The molecule has 2 N–H and O–H groups in total. The second kappa shape index (κ2) is 12.0. The Morgan fingerprint density at radius 3 is 2.32 bits per heavy atom. The number of aryl methyl sites for hydroxylation is 2. The second-order valence-electron chi connectivity index (χ2n) is 9.73. The first-order valence-corrected chi connectivity index (χ1v) is 14.1. The van der Waals surface area contributed by atoms with Crippen LogP contribution in [0.2, 0.25) is 0 Å². The Bertz CT molecular complexity index is 1590. The van der Waals surface area contributed by atoms with Gasteiger partial charge in [0.05, 0.1) is 26.9 Å². The number of amides is 1. The van der Waals surface area contributed by atoms with Crippen LogP contribution in [-0.2, 0) is 10.5 Å². The number of methoxy groups -OCH3 is 3. The van der Waals surface area contributed by atoms with Gasteiger partial charge in [-0.05, 0) is 55.7 Å². The molecule has 41 heavy (non-hydrogen) atoms. The van der Waals surface area contributed by atoms with Crippen LogP contribution in [0.3, 0.4) is 0 Å². The molecule has 0 radical (unpaired) electrons. The summed E-state index contributed by atoms with van der Waals surface area (Å²) in [7, 11) is 4.69. The zero-order valence-electron chi connectivity index (χ0n) is 23.9. The van der Waals surface area contributed by atoms with Gasteiger partial charge in [0.25, 0.3) is 5.91 Å². The molecule has 5 rings (SSSR count). The van der Waals surface area contributed by atoms with Crippen LogP contribution in [0.4, 0.5) is 11.6 Å². The molecule has 0 spiro atoms. The summed E-state index contributed by atoms with van der Waals surface area (Å²) >= 11 is 1.53. The molecule has 1 atom stereocenters. The van der Waals surface area contributed by atoms with Gasteiger partial charge in [0, 0.05) is 17.1 Å². The molecule has 0 saturated carbocycles. The SMILES string of the molecule is COc1cc([C@H]2C(C(=O)Nc3ccc(C)cc3C)=C(C)Nc3nc(SCc4ccccc4)nn32)cc(OC)c1OC. The van der Waals surface area contributed by atoms with Crippen molar-refractivity contribution >= 4 is 29.3 Å². The first-order valence-electron chi connectivity index (χ1n) is 13.1. The van der Waals surface area contributed by atoms with Gasteiger partial charge in [0.1, 0.15) is 6.04 Å². The number of benzene rings is 3. The molecule has 0 fully saturated rings. The van der Waals surface area contributed by atoms with E-state index in [0.717, 1.165) is 22.4 Å². The van der Waals surface area contributed by atoms with Crippen molar-refractivity contribution in [2.75, 3.05) is 32.0 Å². The quantitative estimate of drug-likeness (QED) is 0.231. The highest BCUT2D eigenvalue weighted by Crippen LogP contribution is 2.44. The second-order valence-corrected chi connectivity index (χ2v) is 10.7. The number of anilines is 2. The van der Waals surface area contributed by atoms with Gasteiger partial charge in [-0.1, -0.05) is 59.8 Å². The number of allylic oxidation sites excluding steroid dienone is 1. The molecular formula is C31H33N5O4S. The van der Waals surface area contributed by atoms with Gasteiger partial charge >= 0.3 is 0 Å². The molecule has 10 heteroatoms. The van der Waals surface area contributed by atoms with E-state index in [9.17, 15) is 4.79 Å². The highest BCUT2D eigenvalue weighted by Gasteiger charge is 2.36. The van der Waals surface area contributed by atoms with Gasteiger partial charge in [-0.25, -0.2) is 4.68 Å². The molecule has 0 unspecified atom stereocenters. The van der Waals surface area contributed by atoms with E-state index in [1.807, 2.05) is 69.3 Å². The first-order chi connectivity index (χ1) is 19.8.